The van der Waals surface area contributed by atoms with Gasteiger partial charge in [0.25, 0.3) is 0 Å². The molecule has 0 spiro atoms. The second-order valence-electron chi connectivity index (χ2n) is 5.12. The SMILES string of the molecule is COC(=O)[C@H](C)NC(=S)[C@H](C)NC(=O)OC(C)(C)C. The fourth-order valence-electron chi connectivity index (χ4n) is 1.12. The van der Waals surface area contributed by atoms with Crippen molar-refractivity contribution in [3.05, 3.63) is 0 Å². The predicted octanol–water partition coefficient (Wildman–Crippen LogP) is 1.38. The number of carbonyl (C=O) groups is 2. The highest BCUT2D eigenvalue weighted by atomic mass is 32.1. The summed E-state index contributed by atoms with van der Waals surface area (Å²) in [5.41, 5.74) is -0.571. The summed E-state index contributed by atoms with van der Waals surface area (Å²) in [6, 6.07) is -1.02. The number of rotatable bonds is 4. The molecule has 0 aliphatic carbocycles. The van der Waals surface area contributed by atoms with E-state index >= 15 is 0 Å². The van der Waals surface area contributed by atoms with Crippen LogP contribution in [-0.4, -0.2) is 41.8 Å². The Kier molecular flexibility index (Phi) is 6.75. The lowest BCUT2D eigenvalue weighted by Gasteiger charge is -2.23. The van der Waals surface area contributed by atoms with Crippen molar-refractivity contribution in [2.24, 2.45) is 0 Å². The number of hydrogen-bond donors (Lipinski definition) is 2. The first kappa shape index (κ1) is 17.6. The molecule has 0 saturated heterocycles. The van der Waals surface area contributed by atoms with Crippen LogP contribution in [0.3, 0.4) is 0 Å². The van der Waals surface area contributed by atoms with E-state index in [2.05, 4.69) is 15.4 Å². The first-order valence-corrected chi connectivity index (χ1v) is 6.35. The van der Waals surface area contributed by atoms with E-state index in [0.717, 1.165) is 0 Å². The first-order chi connectivity index (χ1) is 8.56. The fourth-order valence-corrected chi connectivity index (χ4v) is 1.36. The van der Waals surface area contributed by atoms with Gasteiger partial charge in [-0.25, -0.2) is 9.59 Å². The molecule has 2 atom stereocenters. The molecule has 7 heteroatoms. The van der Waals surface area contributed by atoms with Gasteiger partial charge < -0.3 is 20.1 Å². The lowest BCUT2D eigenvalue weighted by molar-refractivity contribution is -0.142. The molecule has 0 aliphatic rings. The predicted molar refractivity (Wildman–Crippen MR) is 76.0 cm³/mol. The van der Waals surface area contributed by atoms with E-state index in [4.69, 9.17) is 17.0 Å². The van der Waals surface area contributed by atoms with Crippen molar-refractivity contribution in [1.29, 1.82) is 0 Å². The van der Waals surface area contributed by atoms with Crippen molar-refractivity contribution in [3.63, 3.8) is 0 Å². The molecule has 0 aromatic rings. The van der Waals surface area contributed by atoms with Gasteiger partial charge in [0, 0.05) is 0 Å². The summed E-state index contributed by atoms with van der Waals surface area (Å²) in [4.78, 5) is 23.1. The van der Waals surface area contributed by atoms with E-state index < -0.39 is 29.7 Å². The highest BCUT2D eigenvalue weighted by Crippen LogP contribution is 2.06. The second kappa shape index (κ2) is 7.28. The molecule has 110 valence electrons. The molecular formula is C12H22N2O4S. The molecule has 0 aromatic carbocycles. The fraction of sp³-hybridized carbons (Fsp3) is 0.750. The van der Waals surface area contributed by atoms with Gasteiger partial charge in [-0.2, -0.15) is 0 Å². The van der Waals surface area contributed by atoms with Gasteiger partial charge in [0.15, 0.2) is 0 Å². The third kappa shape index (κ3) is 7.61. The Morgan fingerprint density at radius 2 is 1.63 bits per heavy atom. The van der Waals surface area contributed by atoms with Crippen LogP contribution in [0.1, 0.15) is 34.6 Å². The third-order valence-corrected chi connectivity index (χ3v) is 2.51. The Hall–Kier alpha value is -1.37. The number of hydrogen-bond acceptors (Lipinski definition) is 5. The Morgan fingerprint density at radius 3 is 2.05 bits per heavy atom. The maximum atomic E-state index is 11.5. The van der Waals surface area contributed by atoms with Crippen molar-refractivity contribution in [3.8, 4) is 0 Å². The number of methoxy groups -OCH3 is 1. The smallest absolute Gasteiger partial charge is 0.408 e. The lowest BCUT2D eigenvalue weighted by Crippen LogP contribution is -2.49. The van der Waals surface area contributed by atoms with Crippen molar-refractivity contribution in [2.75, 3.05) is 7.11 Å². The van der Waals surface area contributed by atoms with Gasteiger partial charge in [-0.1, -0.05) is 12.2 Å². The summed E-state index contributed by atoms with van der Waals surface area (Å²) in [6.07, 6.45) is -0.560. The zero-order valence-electron chi connectivity index (χ0n) is 12.2. The topological polar surface area (TPSA) is 76.7 Å². The molecule has 0 bridgehead atoms. The summed E-state index contributed by atoms with van der Waals surface area (Å²) < 4.78 is 9.67. The molecule has 2 N–H and O–H groups in total. The van der Waals surface area contributed by atoms with Crippen LogP contribution >= 0.6 is 12.2 Å². The minimum absolute atomic E-state index is 0.337. The lowest BCUT2D eigenvalue weighted by atomic mass is 10.2. The van der Waals surface area contributed by atoms with Crippen LogP contribution in [0.5, 0.6) is 0 Å². The average Bonchev–Trinajstić information content (AvgIpc) is 2.24. The normalized spacial score (nSPS) is 14.0. The molecule has 0 heterocycles. The quantitative estimate of drug-likeness (QED) is 0.602. The largest absolute Gasteiger partial charge is 0.467 e. The maximum absolute atomic E-state index is 11.5. The zero-order chi connectivity index (χ0) is 15.2. The minimum atomic E-state index is -0.571. The Morgan fingerprint density at radius 1 is 1.11 bits per heavy atom. The number of esters is 1. The van der Waals surface area contributed by atoms with Crippen LogP contribution < -0.4 is 10.6 Å². The minimum Gasteiger partial charge on any atom is -0.467 e. The molecule has 1 amide bonds. The number of alkyl carbamates (subject to hydrolysis) is 1. The molecular weight excluding hydrogens is 268 g/mol. The van der Waals surface area contributed by atoms with Gasteiger partial charge in [-0.15, -0.1) is 0 Å². The summed E-state index contributed by atoms with van der Waals surface area (Å²) >= 11 is 5.09. The van der Waals surface area contributed by atoms with Crippen molar-refractivity contribution in [2.45, 2.75) is 52.3 Å². The van der Waals surface area contributed by atoms with Crippen molar-refractivity contribution in [1.82, 2.24) is 10.6 Å². The maximum Gasteiger partial charge on any atom is 0.408 e. The van der Waals surface area contributed by atoms with Crippen LogP contribution in [0.4, 0.5) is 4.79 Å². The molecule has 0 saturated carbocycles. The second-order valence-corrected chi connectivity index (χ2v) is 5.56. The molecule has 0 aromatic heterocycles. The number of amides is 1. The van der Waals surface area contributed by atoms with E-state index in [1.165, 1.54) is 7.11 Å². The molecule has 0 radical (unpaired) electrons. The third-order valence-electron chi connectivity index (χ3n) is 2.04. The van der Waals surface area contributed by atoms with E-state index in [1.807, 2.05) is 0 Å². The molecule has 0 aliphatic heterocycles. The van der Waals surface area contributed by atoms with E-state index in [9.17, 15) is 9.59 Å². The van der Waals surface area contributed by atoms with Crippen LogP contribution in [0.15, 0.2) is 0 Å². The summed E-state index contributed by atoms with van der Waals surface area (Å²) in [6.45, 7) is 8.63. The van der Waals surface area contributed by atoms with E-state index in [0.29, 0.717) is 4.99 Å². The van der Waals surface area contributed by atoms with Crippen LogP contribution in [0.25, 0.3) is 0 Å². The number of nitrogens with one attached hydrogen (secondary N) is 2. The Bertz CT molecular complexity index is 352. The first-order valence-electron chi connectivity index (χ1n) is 5.94. The molecule has 6 nitrogen and oxygen atoms in total. The van der Waals surface area contributed by atoms with Crippen LogP contribution in [0.2, 0.25) is 0 Å². The van der Waals surface area contributed by atoms with E-state index in [1.54, 1.807) is 34.6 Å². The summed E-state index contributed by atoms with van der Waals surface area (Å²) in [5.74, 6) is -0.424. The number of thiocarbonyl (C=S) groups is 1. The number of carbonyl (C=O) groups excluding carboxylic acids is 2. The van der Waals surface area contributed by atoms with Gasteiger partial charge in [0.05, 0.1) is 18.1 Å². The van der Waals surface area contributed by atoms with Gasteiger partial charge in [0.1, 0.15) is 11.6 Å². The molecule has 0 unspecified atom stereocenters. The van der Waals surface area contributed by atoms with Gasteiger partial charge >= 0.3 is 12.1 Å². The molecule has 0 rings (SSSR count). The Labute approximate surface area is 119 Å². The highest BCUT2D eigenvalue weighted by molar-refractivity contribution is 7.80. The van der Waals surface area contributed by atoms with Gasteiger partial charge in [0.2, 0.25) is 0 Å². The molecule has 0 fully saturated rings. The monoisotopic (exact) mass is 290 g/mol. The number of ether oxygens (including phenoxy) is 2. The average molecular weight is 290 g/mol. The van der Waals surface area contributed by atoms with Gasteiger partial charge in [-0.05, 0) is 34.6 Å². The van der Waals surface area contributed by atoms with Crippen LogP contribution in [0, 0.1) is 0 Å². The summed E-state index contributed by atoms with van der Waals surface area (Å²) in [7, 11) is 1.30. The van der Waals surface area contributed by atoms with E-state index in [-0.39, 0.29) is 0 Å². The highest BCUT2D eigenvalue weighted by Gasteiger charge is 2.21. The Balaban J connectivity index is 4.28. The standard InChI is InChI=1S/C12H22N2O4S/c1-7(14-11(16)18-12(3,4)5)9(19)13-8(2)10(15)17-6/h7-8H,1-6H3,(H,13,19)(H,14,16)/t7-,8-/m0/s1. The van der Waals surface area contributed by atoms with Crippen molar-refractivity contribution < 1.29 is 19.1 Å². The van der Waals surface area contributed by atoms with Crippen LogP contribution in [-0.2, 0) is 14.3 Å². The summed E-state index contributed by atoms with van der Waals surface area (Å²) in [5, 5.41) is 5.37. The van der Waals surface area contributed by atoms with Crippen molar-refractivity contribution >= 4 is 29.3 Å². The molecule has 19 heavy (non-hydrogen) atoms. The zero-order valence-corrected chi connectivity index (χ0v) is 13.0. The van der Waals surface area contributed by atoms with Gasteiger partial charge in [-0.3, -0.25) is 0 Å².